The summed E-state index contributed by atoms with van der Waals surface area (Å²) in [6, 6.07) is 5.70. The van der Waals surface area contributed by atoms with E-state index in [1.165, 1.54) is 10.6 Å². The Morgan fingerprint density at radius 1 is 1.23 bits per heavy atom. The summed E-state index contributed by atoms with van der Waals surface area (Å²) in [5.74, 6) is 0.274. The van der Waals surface area contributed by atoms with E-state index >= 15 is 0 Å². The van der Waals surface area contributed by atoms with Gasteiger partial charge in [-0.15, -0.1) is 0 Å². The Bertz CT molecular complexity index is 1060. The average molecular weight is 432 g/mol. The monoisotopic (exact) mass is 431 g/mol. The van der Waals surface area contributed by atoms with Crippen LogP contribution in [0.3, 0.4) is 0 Å². The molecule has 3 heterocycles. The average Bonchev–Trinajstić information content (AvgIpc) is 3.32. The highest BCUT2D eigenvalue weighted by molar-refractivity contribution is 7.92. The number of fused-ring (bicyclic) bond motifs is 1. The van der Waals surface area contributed by atoms with Gasteiger partial charge in [-0.3, -0.25) is 13.8 Å². The van der Waals surface area contributed by atoms with Gasteiger partial charge in [-0.1, -0.05) is 0 Å². The number of sulfonamides is 1. The Balaban J connectivity index is 1.74. The highest BCUT2D eigenvalue weighted by Gasteiger charge is 2.37. The fourth-order valence-corrected chi connectivity index (χ4v) is 5.30. The van der Waals surface area contributed by atoms with E-state index in [4.69, 9.17) is 0 Å². The lowest BCUT2D eigenvalue weighted by Crippen LogP contribution is -2.42. The van der Waals surface area contributed by atoms with E-state index in [9.17, 15) is 13.2 Å². The molecule has 0 bridgehead atoms. The number of hydrogen-bond acceptors (Lipinski definition) is 5. The second-order valence-corrected chi connectivity index (χ2v) is 10.5. The Morgan fingerprint density at radius 3 is 2.63 bits per heavy atom. The van der Waals surface area contributed by atoms with Gasteiger partial charge in [-0.05, 0) is 63.8 Å². The SMILES string of the molecule is CC(C)n1cnc([C@@H]2CN(S(C)(=O)=O)c3ccc(C(=O)N4CCCC[C@@H]4C)cc32)n1. The van der Waals surface area contributed by atoms with Gasteiger partial charge in [-0.25, -0.2) is 13.4 Å². The molecule has 0 saturated carbocycles. The zero-order valence-corrected chi connectivity index (χ0v) is 18.8. The fourth-order valence-electron chi connectivity index (χ4n) is 4.35. The van der Waals surface area contributed by atoms with Crippen LogP contribution in [-0.4, -0.2) is 59.4 Å². The minimum atomic E-state index is -3.45. The summed E-state index contributed by atoms with van der Waals surface area (Å²) in [6.45, 7) is 7.12. The third-order valence-corrected chi connectivity index (χ3v) is 7.24. The van der Waals surface area contributed by atoms with Gasteiger partial charge in [0.2, 0.25) is 10.0 Å². The van der Waals surface area contributed by atoms with Crippen molar-refractivity contribution in [3.05, 3.63) is 41.5 Å². The summed E-state index contributed by atoms with van der Waals surface area (Å²) in [6.07, 6.45) is 6.05. The van der Waals surface area contributed by atoms with Crippen LogP contribution in [0.5, 0.6) is 0 Å². The minimum absolute atomic E-state index is 0.00206. The van der Waals surface area contributed by atoms with Crippen LogP contribution in [0.2, 0.25) is 0 Å². The van der Waals surface area contributed by atoms with Crippen molar-refractivity contribution < 1.29 is 13.2 Å². The van der Waals surface area contributed by atoms with E-state index in [1.807, 2.05) is 24.8 Å². The number of nitrogens with zero attached hydrogens (tertiary/aromatic N) is 5. The first-order chi connectivity index (χ1) is 14.2. The van der Waals surface area contributed by atoms with Gasteiger partial charge in [-0.2, -0.15) is 5.10 Å². The summed E-state index contributed by atoms with van der Waals surface area (Å²) in [4.78, 5) is 19.6. The Kier molecular flexibility index (Phi) is 5.34. The number of anilines is 1. The molecule has 2 aliphatic rings. The highest BCUT2D eigenvalue weighted by Crippen LogP contribution is 2.41. The standard InChI is InChI=1S/C21H29N5O3S/c1-14(2)25-13-22-20(23-25)18-12-26(30(4,28)29)19-9-8-16(11-17(18)19)21(27)24-10-6-5-7-15(24)3/h8-9,11,13-15,18H,5-7,10,12H2,1-4H3/t15-,18+/m0/s1. The van der Waals surface area contributed by atoms with Crippen LogP contribution in [0.4, 0.5) is 5.69 Å². The van der Waals surface area contributed by atoms with Gasteiger partial charge in [0.05, 0.1) is 17.9 Å². The molecule has 0 N–H and O–H groups in total. The van der Waals surface area contributed by atoms with Crippen LogP contribution >= 0.6 is 0 Å². The Morgan fingerprint density at radius 2 is 2.00 bits per heavy atom. The topological polar surface area (TPSA) is 88.4 Å². The lowest BCUT2D eigenvalue weighted by Gasteiger charge is -2.33. The molecule has 1 aromatic carbocycles. The van der Waals surface area contributed by atoms with Gasteiger partial charge >= 0.3 is 0 Å². The first-order valence-electron chi connectivity index (χ1n) is 10.5. The molecule has 9 heteroatoms. The number of amides is 1. The molecule has 4 rings (SSSR count). The van der Waals surface area contributed by atoms with E-state index in [-0.39, 0.29) is 30.5 Å². The minimum Gasteiger partial charge on any atom is -0.336 e. The van der Waals surface area contributed by atoms with Crippen molar-refractivity contribution in [2.24, 2.45) is 0 Å². The maximum absolute atomic E-state index is 13.2. The van der Waals surface area contributed by atoms with Crippen LogP contribution in [0, 0.1) is 0 Å². The summed E-state index contributed by atoms with van der Waals surface area (Å²) in [5.41, 5.74) is 1.98. The van der Waals surface area contributed by atoms with Crippen molar-refractivity contribution in [1.29, 1.82) is 0 Å². The molecule has 8 nitrogen and oxygen atoms in total. The van der Waals surface area contributed by atoms with E-state index in [1.54, 1.807) is 23.1 Å². The first kappa shape index (κ1) is 20.8. The summed E-state index contributed by atoms with van der Waals surface area (Å²) < 4.78 is 28.0. The molecular formula is C21H29N5O3S. The number of carbonyl (C=O) groups excluding carboxylic acids is 1. The largest absolute Gasteiger partial charge is 0.336 e. The third-order valence-electron chi connectivity index (χ3n) is 6.10. The molecule has 1 aromatic heterocycles. The molecule has 0 spiro atoms. The molecule has 0 unspecified atom stereocenters. The molecule has 0 radical (unpaired) electrons. The molecule has 2 atom stereocenters. The predicted octanol–water partition coefficient (Wildman–Crippen LogP) is 2.79. The molecule has 1 amide bonds. The van der Waals surface area contributed by atoms with Crippen molar-refractivity contribution in [1.82, 2.24) is 19.7 Å². The molecule has 1 saturated heterocycles. The van der Waals surface area contributed by atoms with Crippen LogP contribution in [0.1, 0.15) is 73.7 Å². The normalized spacial score (nSPS) is 21.9. The Labute approximate surface area is 177 Å². The molecule has 1 fully saturated rings. The first-order valence-corrected chi connectivity index (χ1v) is 12.4. The van der Waals surface area contributed by atoms with E-state index < -0.39 is 10.0 Å². The predicted molar refractivity (Wildman–Crippen MR) is 115 cm³/mol. The second kappa shape index (κ2) is 7.68. The number of piperidine rings is 1. The lowest BCUT2D eigenvalue weighted by molar-refractivity contribution is 0.0635. The lowest BCUT2D eigenvalue weighted by atomic mass is 9.97. The maximum atomic E-state index is 13.2. The number of carbonyl (C=O) groups is 1. The van der Waals surface area contributed by atoms with Crippen LogP contribution in [0.15, 0.2) is 24.5 Å². The van der Waals surface area contributed by atoms with Crippen molar-refractivity contribution >= 4 is 21.6 Å². The van der Waals surface area contributed by atoms with Crippen LogP contribution < -0.4 is 4.31 Å². The van der Waals surface area contributed by atoms with Gasteiger partial charge in [0, 0.05) is 30.7 Å². The number of hydrogen-bond donors (Lipinski definition) is 0. The molecule has 30 heavy (non-hydrogen) atoms. The van der Waals surface area contributed by atoms with E-state index in [2.05, 4.69) is 17.0 Å². The second-order valence-electron chi connectivity index (χ2n) is 8.64. The van der Waals surface area contributed by atoms with Crippen molar-refractivity contribution in [3.63, 3.8) is 0 Å². The smallest absolute Gasteiger partial charge is 0.254 e. The molecular weight excluding hydrogens is 402 g/mol. The van der Waals surface area contributed by atoms with Crippen molar-refractivity contribution in [2.45, 2.75) is 58.0 Å². The summed E-state index contributed by atoms with van der Waals surface area (Å²) >= 11 is 0. The van der Waals surface area contributed by atoms with E-state index in [0.717, 1.165) is 31.4 Å². The molecule has 162 valence electrons. The van der Waals surface area contributed by atoms with Crippen LogP contribution in [-0.2, 0) is 10.0 Å². The van der Waals surface area contributed by atoms with Gasteiger partial charge < -0.3 is 4.90 Å². The Hall–Kier alpha value is -2.42. The van der Waals surface area contributed by atoms with Crippen LogP contribution in [0.25, 0.3) is 0 Å². The third kappa shape index (κ3) is 3.71. The van der Waals surface area contributed by atoms with Gasteiger partial charge in [0.15, 0.2) is 5.82 Å². The number of rotatable bonds is 4. The number of benzene rings is 1. The maximum Gasteiger partial charge on any atom is 0.254 e. The van der Waals surface area contributed by atoms with E-state index in [0.29, 0.717) is 17.1 Å². The zero-order chi connectivity index (χ0) is 21.6. The quantitative estimate of drug-likeness (QED) is 0.743. The number of aromatic nitrogens is 3. The van der Waals surface area contributed by atoms with Gasteiger partial charge in [0.1, 0.15) is 6.33 Å². The summed E-state index contributed by atoms with van der Waals surface area (Å²) in [5, 5.41) is 4.57. The number of likely N-dealkylation sites (tertiary alicyclic amines) is 1. The van der Waals surface area contributed by atoms with Gasteiger partial charge in [0.25, 0.3) is 5.91 Å². The van der Waals surface area contributed by atoms with Crippen molar-refractivity contribution in [3.8, 4) is 0 Å². The highest BCUT2D eigenvalue weighted by atomic mass is 32.2. The van der Waals surface area contributed by atoms with Crippen molar-refractivity contribution in [2.75, 3.05) is 23.7 Å². The zero-order valence-electron chi connectivity index (χ0n) is 17.9. The fraction of sp³-hybridized carbons (Fsp3) is 0.571. The molecule has 2 aromatic rings. The summed E-state index contributed by atoms with van der Waals surface area (Å²) in [7, 11) is -3.45. The molecule has 0 aliphatic carbocycles. The molecule has 2 aliphatic heterocycles.